The second-order valence-electron chi connectivity index (χ2n) is 15.4. The summed E-state index contributed by atoms with van der Waals surface area (Å²) >= 11 is 0. The van der Waals surface area contributed by atoms with E-state index in [0.29, 0.717) is 0 Å². The van der Waals surface area contributed by atoms with Crippen molar-refractivity contribution in [3.05, 3.63) is 0 Å². The number of hydrogen-bond donors (Lipinski definition) is 3. The van der Waals surface area contributed by atoms with Crippen LogP contribution in [0.5, 0.6) is 0 Å². The zero-order valence-corrected chi connectivity index (χ0v) is 28.2. The van der Waals surface area contributed by atoms with Gasteiger partial charge in [0.1, 0.15) is 28.4 Å². The van der Waals surface area contributed by atoms with Crippen molar-refractivity contribution >= 4 is 26.5 Å². The molecule has 0 aromatic rings. The van der Waals surface area contributed by atoms with Crippen LogP contribution in [-0.2, 0) is 32.8 Å². The monoisotopic (exact) mass is 615 g/mol. The largest absolute Gasteiger partial charge is 0.444 e. The van der Waals surface area contributed by atoms with E-state index >= 15 is 0 Å². The number of nitrogens with zero attached hydrogens (tertiary/aromatic N) is 1. The Labute approximate surface area is 249 Å². The highest BCUT2D eigenvalue weighted by molar-refractivity contribution is 6.74. The first-order valence-corrected chi connectivity index (χ1v) is 17.3. The number of aliphatic hydroxyl groups is 1. The lowest BCUT2D eigenvalue weighted by Gasteiger charge is -2.66. The molecular formula is C28H49N3O10Si. The van der Waals surface area contributed by atoms with E-state index in [2.05, 4.69) is 44.5 Å². The predicted molar refractivity (Wildman–Crippen MR) is 154 cm³/mol. The number of guanidine groups is 1. The van der Waals surface area contributed by atoms with Crippen LogP contribution in [0, 0.1) is 5.92 Å². The molecule has 5 aliphatic rings. The summed E-state index contributed by atoms with van der Waals surface area (Å²) in [4.78, 5) is 30.8. The van der Waals surface area contributed by atoms with Crippen molar-refractivity contribution in [1.29, 1.82) is 0 Å². The molecule has 0 radical (unpaired) electrons. The zero-order valence-electron chi connectivity index (χ0n) is 27.2. The van der Waals surface area contributed by atoms with Crippen LogP contribution in [-0.4, -0.2) is 91.6 Å². The van der Waals surface area contributed by atoms with Crippen LogP contribution in [0.25, 0.3) is 0 Å². The number of carbonyl (C=O) groups excluding carboxylic acids is 2. The Hall–Kier alpha value is -1.81. The quantitative estimate of drug-likeness (QED) is 0.242. The lowest BCUT2D eigenvalue weighted by Crippen LogP contribution is -2.84. The molecule has 13 nitrogen and oxygen atoms in total. The average Bonchev–Trinajstić information content (AvgIpc) is 2.99. The fraction of sp³-hybridized carbons (Fsp3) is 0.893. The molecule has 5 fully saturated rings. The summed E-state index contributed by atoms with van der Waals surface area (Å²) in [5.41, 5.74) is -4.26. The van der Waals surface area contributed by atoms with Crippen molar-refractivity contribution in [3.8, 4) is 0 Å². The van der Waals surface area contributed by atoms with E-state index in [1.165, 1.54) is 7.11 Å². The van der Waals surface area contributed by atoms with Gasteiger partial charge in [0.05, 0.1) is 12.0 Å². The highest BCUT2D eigenvalue weighted by atomic mass is 28.4. The molecular weight excluding hydrogens is 566 g/mol. The Morgan fingerprint density at radius 3 is 1.93 bits per heavy atom. The molecule has 1 unspecified atom stereocenters. The van der Waals surface area contributed by atoms with Crippen molar-refractivity contribution < 1.29 is 47.5 Å². The molecule has 1 aliphatic carbocycles. The minimum Gasteiger partial charge on any atom is -0.444 e. The van der Waals surface area contributed by atoms with Gasteiger partial charge in [0, 0.05) is 13.5 Å². The van der Waals surface area contributed by atoms with E-state index in [1.54, 1.807) is 48.5 Å². The first-order valence-electron chi connectivity index (χ1n) is 14.4. The van der Waals surface area contributed by atoms with Gasteiger partial charge in [0.25, 0.3) is 0 Å². The van der Waals surface area contributed by atoms with Crippen molar-refractivity contribution in [1.82, 2.24) is 10.6 Å². The maximum atomic E-state index is 12.9. The topological polar surface area (TPSA) is 155 Å². The van der Waals surface area contributed by atoms with Crippen LogP contribution >= 0.6 is 0 Å². The van der Waals surface area contributed by atoms with E-state index in [4.69, 9.17) is 37.8 Å². The Bertz CT molecular complexity index is 1090. The first kappa shape index (κ1) is 33.1. The summed E-state index contributed by atoms with van der Waals surface area (Å²) in [5, 5.41) is 16.6. The Morgan fingerprint density at radius 2 is 1.48 bits per heavy atom. The summed E-state index contributed by atoms with van der Waals surface area (Å²) in [5.74, 6) is -2.57. The fourth-order valence-electron chi connectivity index (χ4n) is 5.80. The van der Waals surface area contributed by atoms with Crippen LogP contribution in [0.15, 0.2) is 4.99 Å². The van der Waals surface area contributed by atoms with Gasteiger partial charge in [-0.25, -0.2) is 14.6 Å². The molecule has 2 amide bonds. The molecule has 6 bridgehead atoms. The number of amides is 2. The van der Waals surface area contributed by atoms with Gasteiger partial charge in [-0.2, -0.15) is 0 Å². The summed E-state index contributed by atoms with van der Waals surface area (Å²) in [6.07, 6.45) is -4.93. The molecule has 4 aliphatic heterocycles. The first-order chi connectivity index (χ1) is 18.9. The molecule has 0 aromatic carbocycles. The summed E-state index contributed by atoms with van der Waals surface area (Å²) in [6.45, 7) is 22.4. The number of ether oxygens (including phenoxy) is 6. The maximum Gasteiger partial charge on any atom is 0.414 e. The van der Waals surface area contributed by atoms with Crippen molar-refractivity contribution in [2.75, 3.05) is 7.11 Å². The number of rotatable bonds is 4. The van der Waals surface area contributed by atoms with Gasteiger partial charge in [-0.1, -0.05) is 20.8 Å². The van der Waals surface area contributed by atoms with Crippen LogP contribution < -0.4 is 10.6 Å². The molecule has 14 heteroatoms. The number of nitrogens with one attached hydrogen (secondary N) is 2. The minimum absolute atomic E-state index is 0.174. The second-order valence-corrected chi connectivity index (χ2v) is 20.1. The van der Waals surface area contributed by atoms with Gasteiger partial charge in [-0.15, -0.1) is 0 Å². The third-order valence-electron chi connectivity index (χ3n) is 8.57. The SMILES string of the molecule is CO[C@H]1O[C@@H]2[C@]3(O[Si](C)(C)C(C)(C)C)O[C@H]4C[C@@]2(N=C(NC(=O)OC(C)(C)C)NC(=O)OC(C)(C)C)C1[C@@H](O3)[C@]4(C)O. The minimum atomic E-state index is -2.57. The highest BCUT2D eigenvalue weighted by Gasteiger charge is 2.83. The number of aliphatic imine (C=N–C) groups is 1. The molecule has 5 rings (SSSR count). The molecule has 8 atom stereocenters. The van der Waals surface area contributed by atoms with Crippen molar-refractivity contribution in [2.45, 2.75) is 147 Å². The van der Waals surface area contributed by atoms with Gasteiger partial charge in [-0.3, -0.25) is 10.6 Å². The summed E-state index contributed by atoms with van der Waals surface area (Å²) in [7, 11) is -1.07. The highest BCUT2D eigenvalue weighted by Crippen LogP contribution is 2.66. The molecule has 1 saturated carbocycles. The average molecular weight is 616 g/mol. The van der Waals surface area contributed by atoms with E-state index in [0.717, 1.165) is 0 Å². The number of hydrogen-bond acceptors (Lipinski definition) is 11. The lowest BCUT2D eigenvalue weighted by molar-refractivity contribution is -0.505. The molecule has 240 valence electrons. The van der Waals surface area contributed by atoms with Crippen LogP contribution in [0.2, 0.25) is 18.1 Å². The number of carbonyl (C=O) groups is 2. The molecule has 4 heterocycles. The van der Waals surface area contributed by atoms with Gasteiger partial charge in [0.2, 0.25) is 5.96 Å². The molecule has 0 aromatic heterocycles. The third kappa shape index (κ3) is 5.83. The lowest BCUT2D eigenvalue weighted by atomic mass is 9.59. The van der Waals surface area contributed by atoms with Crippen molar-refractivity contribution in [2.24, 2.45) is 10.9 Å². The van der Waals surface area contributed by atoms with Crippen LogP contribution in [0.4, 0.5) is 9.59 Å². The molecule has 4 saturated heterocycles. The second kappa shape index (κ2) is 10.1. The third-order valence-corrected chi connectivity index (χ3v) is 13.0. The van der Waals surface area contributed by atoms with E-state index in [1.807, 2.05) is 0 Å². The van der Waals surface area contributed by atoms with E-state index in [-0.39, 0.29) is 17.4 Å². The van der Waals surface area contributed by atoms with Crippen molar-refractivity contribution in [3.63, 3.8) is 0 Å². The molecule has 42 heavy (non-hydrogen) atoms. The maximum absolute atomic E-state index is 12.9. The fourth-order valence-corrected chi connectivity index (χ4v) is 7.02. The number of methoxy groups -OCH3 is 1. The Morgan fingerprint density at radius 1 is 0.952 bits per heavy atom. The van der Waals surface area contributed by atoms with Gasteiger partial charge < -0.3 is 38.0 Å². The molecule has 3 N–H and O–H groups in total. The Kier molecular flexibility index (Phi) is 7.96. The Balaban J connectivity index is 1.84. The normalized spacial score (nSPS) is 37.3. The van der Waals surface area contributed by atoms with Crippen LogP contribution in [0.1, 0.15) is 75.7 Å². The number of alkyl carbamates (subject to hydrolysis) is 2. The van der Waals surface area contributed by atoms with E-state index in [9.17, 15) is 14.7 Å². The van der Waals surface area contributed by atoms with Gasteiger partial charge in [0.15, 0.2) is 20.7 Å². The smallest absolute Gasteiger partial charge is 0.414 e. The van der Waals surface area contributed by atoms with Gasteiger partial charge >= 0.3 is 18.2 Å². The summed E-state index contributed by atoms with van der Waals surface area (Å²) in [6, 6.07) is 0. The zero-order chi connectivity index (χ0) is 31.9. The predicted octanol–water partition coefficient (Wildman–Crippen LogP) is 3.75. The van der Waals surface area contributed by atoms with E-state index < -0.39 is 79.3 Å². The molecule has 0 spiro atoms. The standard InChI is InChI=1S/C28H49N3O10Si/c1-23(2,3)39-21(32)29-20(30-22(33)40-24(4,5)6)31-27-14-15-26(10,34)17-16(27)18(35-11)36-19(27)28(37-15,38-17)41-42(12,13)25(7,8)9/h15-19,34H,14H2,1-13H3,(H2,29,30,31,32,33)/t15-,16?,17+,18-,19-,26+,27+,28-/m0/s1. The van der Waals surface area contributed by atoms with Gasteiger partial charge in [-0.05, 0) is 66.6 Å². The summed E-state index contributed by atoms with van der Waals surface area (Å²) < 4.78 is 42.9. The van der Waals surface area contributed by atoms with Crippen LogP contribution in [0.3, 0.4) is 0 Å².